The lowest BCUT2D eigenvalue weighted by Crippen LogP contribution is -2.38. The zero-order chi connectivity index (χ0) is 10.6. The molecule has 0 saturated carbocycles. The maximum absolute atomic E-state index is 10.7. The number of carbonyl (C=O) groups excluding carboxylic acids is 1. The van der Waals surface area contributed by atoms with Gasteiger partial charge in [-0.25, -0.2) is 5.06 Å². The Morgan fingerprint density at radius 2 is 2.00 bits per heavy atom. The first-order chi connectivity index (χ1) is 5.79. The van der Waals surface area contributed by atoms with Crippen molar-refractivity contribution in [2.45, 2.75) is 20.8 Å². The number of carboxylic acids is 1. The Labute approximate surface area is 76.9 Å². The van der Waals surface area contributed by atoms with Gasteiger partial charge in [0.05, 0.1) is 12.5 Å². The lowest BCUT2D eigenvalue weighted by atomic mass is 9.81. The van der Waals surface area contributed by atoms with Gasteiger partial charge in [0.25, 0.3) is 0 Å². The van der Waals surface area contributed by atoms with Crippen LogP contribution in [0.2, 0.25) is 0 Å². The summed E-state index contributed by atoms with van der Waals surface area (Å²) in [6.45, 7) is 5.03. The number of aliphatic carboxylic acids is 1. The van der Waals surface area contributed by atoms with E-state index in [0.29, 0.717) is 5.06 Å². The summed E-state index contributed by atoms with van der Waals surface area (Å²) in [5, 5.41) is 18.0. The first-order valence-corrected chi connectivity index (χ1v) is 3.92. The van der Waals surface area contributed by atoms with Crippen molar-refractivity contribution in [2.24, 2.45) is 11.3 Å². The van der Waals surface area contributed by atoms with Crippen molar-refractivity contribution < 1.29 is 19.9 Å². The molecule has 0 radical (unpaired) electrons. The van der Waals surface area contributed by atoms with Crippen molar-refractivity contribution in [3.63, 3.8) is 0 Å². The van der Waals surface area contributed by atoms with Crippen LogP contribution < -0.4 is 0 Å². The smallest absolute Gasteiger partial charge is 0.308 e. The van der Waals surface area contributed by atoms with E-state index in [1.165, 1.54) is 0 Å². The summed E-state index contributed by atoms with van der Waals surface area (Å²) in [6, 6.07) is 0. The van der Waals surface area contributed by atoms with Gasteiger partial charge in [-0.1, -0.05) is 20.8 Å². The number of hydroxylamine groups is 2. The molecule has 76 valence electrons. The molecular formula is C8H15NO4. The molecule has 0 aromatic heterocycles. The molecule has 1 amide bonds. The number of carboxylic acid groups (broad SMARTS) is 1. The maximum atomic E-state index is 10.7. The second-order valence-corrected chi connectivity index (χ2v) is 3.98. The van der Waals surface area contributed by atoms with Gasteiger partial charge in [-0.2, -0.15) is 0 Å². The molecule has 2 N–H and O–H groups in total. The fourth-order valence-corrected chi connectivity index (χ4v) is 0.952. The van der Waals surface area contributed by atoms with Crippen LogP contribution in [0.4, 0.5) is 0 Å². The van der Waals surface area contributed by atoms with Crippen LogP contribution in [0.25, 0.3) is 0 Å². The molecule has 0 aliphatic heterocycles. The lowest BCUT2D eigenvalue weighted by molar-refractivity contribution is -0.163. The zero-order valence-electron chi connectivity index (χ0n) is 8.02. The SMILES string of the molecule is CC(C)(C)C(CN(O)C=O)C(=O)O. The average molecular weight is 189 g/mol. The third-order valence-electron chi connectivity index (χ3n) is 1.83. The van der Waals surface area contributed by atoms with E-state index in [-0.39, 0.29) is 13.0 Å². The molecule has 1 atom stereocenters. The maximum Gasteiger partial charge on any atom is 0.308 e. The van der Waals surface area contributed by atoms with Gasteiger partial charge in [0.2, 0.25) is 6.41 Å². The van der Waals surface area contributed by atoms with E-state index in [9.17, 15) is 9.59 Å². The van der Waals surface area contributed by atoms with Crippen molar-refractivity contribution in [3.05, 3.63) is 0 Å². The molecule has 0 bridgehead atoms. The summed E-state index contributed by atoms with van der Waals surface area (Å²) in [6.07, 6.45) is 0.196. The number of amides is 1. The summed E-state index contributed by atoms with van der Waals surface area (Å²) in [7, 11) is 0. The van der Waals surface area contributed by atoms with Gasteiger partial charge in [0.15, 0.2) is 0 Å². The zero-order valence-corrected chi connectivity index (χ0v) is 8.02. The van der Waals surface area contributed by atoms with E-state index in [1.54, 1.807) is 20.8 Å². The first kappa shape index (κ1) is 11.9. The summed E-state index contributed by atoms with van der Waals surface area (Å²) in [5.41, 5.74) is -0.490. The van der Waals surface area contributed by atoms with Crippen LogP contribution in [-0.2, 0) is 9.59 Å². The molecular weight excluding hydrogens is 174 g/mol. The van der Waals surface area contributed by atoms with Crippen LogP contribution in [-0.4, -0.2) is 34.3 Å². The molecule has 5 nitrogen and oxygen atoms in total. The van der Waals surface area contributed by atoms with Crippen molar-refractivity contribution in [2.75, 3.05) is 6.54 Å². The summed E-state index contributed by atoms with van der Waals surface area (Å²) in [4.78, 5) is 20.8. The normalized spacial score (nSPS) is 13.5. The number of hydrogen-bond acceptors (Lipinski definition) is 3. The van der Waals surface area contributed by atoms with E-state index >= 15 is 0 Å². The molecule has 0 spiro atoms. The van der Waals surface area contributed by atoms with E-state index in [2.05, 4.69) is 0 Å². The van der Waals surface area contributed by atoms with Crippen molar-refractivity contribution in [1.82, 2.24) is 5.06 Å². The van der Waals surface area contributed by atoms with Crippen molar-refractivity contribution >= 4 is 12.4 Å². The summed E-state index contributed by atoms with van der Waals surface area (Å²) < 4.78 is 0. The topological polar surface area (TPSA) is 77.8 Å². The Bertz CT molecular complexity index is 197. The van der Waals surface area contributed by atoms with Gasteiger partial charge in [-0.15, -0.1) is 0 Å². The fourth-order valence-electron chi connectivity index (χ4n) is 0.952. The molecule has 0 aromatic rings. The molecule has 5 heteroatoms. The van der Waals surface area contributed by atoms with Crippen LogP contribution in [0.5, 0.6) is 0 Å². The van der Waals surface area contributed by atoms with Gasteiger partial charge in [-0.05, 0) is 5.41 Å². The third-order valence-corrected chi connectivity index (χ3v) is 1.83. The third kappa shape index (κ3) is 3.89. The van der Waals surface area contributed by atoms with E-state index in [0.717, 1.165) is 0 Å². The molecule has 13 heavy (non-hydrogen) atoms. The van der Waals surface area contributed by atoms with E-state index in [1.807, 2.05) is 0 Å². The Morgan fingerprint density at radius 3 is 2.23 bits per heavy atom. The standard InChI is InChI=1S/C8H15NO4/c1-8(2,3)6(7(11)12)4-9(13)5-10/h5-6,13H,4H2,1-3H3,(H,11,12). The Kier molecular flexibility index (Phi) is 3.87. The minimum atomic E-state index is -1.02. The number of rotatable bonds is 4. The number of carbonyl (C=O) groups is 2. The van der Waals surface area contributed by atoms with Crippen LogP contribution in [0, 0.1) is 11.3 Å². The predicted octanol–water partition coefficient (Wildman–Crippen LogP) is 0.581. The van der Waals surface area contributed by atoms with Gasteiger partial charge < -0.3 is 5.11 Å². The molecule has 1 unspecified atom stereocenters. The molecule has 0 aromatic carbocycles. The molecule has 0 saturated heterocycles. The summed E-state index contributed by atoms with van der Waals surface area (Å²) in [5.74, 6) is -1.80. The Balaban J connectivity index is 4.45. The second kappa shape index (κ2) is 4.23. The molecule has 0 heterocycles. The minimum absolute atomic E-state index is 0.192. The lowest BCUT2D eigenvalue weighted by Gasteiger charge is -2.28. The molecule has 0 aliphatic rings. The fraction of sp³-hybridized carbons (Fsp3) is 0.750. The number of nitrogens with zero attached hydrogens (tertiary/aromatic N) is 1. The highest BCUT2D eigenvalue weighted by molar-refractivity contribution is 5.71. The quantitative estimate of drug-likeness (QED) is 0.385. The van der Waals surface area contributed by atoms with Crippen LogP contribution in [0.1, 0.15) is 20.8 Å². The highest BCUT2D eigenvalue weighted by atomic mass is 16.5. The van der Waals surface area contributed by atoms with Crippen LogP contribution >= 0.6 is 0 Å². The van der Waals surface area contributed by atoms with E-state index < -0.39 is 17.3 Å². The van der Waals surface area contributed by atoms with Crippen LogP contribution in [0.3, 0.4) is 0 Å². The largest absolute Gasteiger partial charge is 0.481 e. The molecule has 0 fully saturated rings. The summed E-state index contributed by atoms with van der Waals surface area (Å²) >= 11 is 0. The minimum Gasteiger partial charge on any atom is -0.481 e. The van der Waals surface area contributed by atoms with Gasteiger partial charge in [0, 0.05) is 0 Å². The highest BCUT2D eigenvalue weighted by Gasteiger charge is 2.32. The van der Waals surface area contributed by atoms with Crippen molar-refractivity contribution in [1.29, 1.82) is 0 Å². The predicted molar refractivity (Wildman–Crippen MR) is 45.1 cm³/mol. The van der Waals surface area contributed by atoms with Gasteiger partial charge in [-0.3, -0.25) is 14.8 Å². The Hall–Kier alpha value is -1.10. The number of hydrogen-bond donors (Lipinski definition) is 2. The van der Waals surface area contributed by atoms with Crippen LogP contribution in [0.15, 0.2) is 0 Å². The van der Waals surface area contributed by atoms with Gasteiger partial charge in [0.1, 0.15) is 0 Å². The molecule has 0 aliphatic carbocycles. The van der Waals surface area contributed by atoms with Gasteiger partial charge >= 0.3 is 5.97 Å². The average Bonchev–Trinajstić information content (AvgIpc) is 1.96. The Morgan fingerprint density at radius 1 is 1.54 bits per heavy atom. The first-order valence-electron chi connectivity index (χ1n) is 3.92. The second-order valence-electron chi connectivity index (χ2n) is 3.98. The van der Waals surface area contributed by atoms with E-state index in [4.69, 9.17) is 10.3 Å². The highest BCUT2D eigenvalue weighted by Crippen LogP contribution is 2.26. The molecule has 0 rings (SSSR count). The van der Waals surface area contributed by atoms with Crippen molar-refractivity contribution in [3.8, 4) is 0 Å². The monoisotopic (exact) mass is 189 g/mol.